The first-order valence-electron chi connectivity index (χ1n) is 7.22. The third-order valence-electron chi connectivity index (χ3n) is 3.66. The van der Waals surface area contributed by atoms with Crippen LogP contribution in [0.15, 0.2) is 36.5 Å². The SMILES string of the molecule is O=C(c1ccc(Cl)c([N+](=O)[O-])c1)N1CCC(Oc2cccnn2)C1. The van der Waals surface area contributed by atoms with Gasteiger partial charge in [0, 0.05) is 36.9 Å². The first-order valence-corrected chi connectivity index (χ1v) is 7.60. The van der Waals surface area contributed by atoms with Crippen LogP contribution in [0.3, 0.4) is 0 Å². The van der Waals surface area contributed by atoms with Gasteiger partial charge in [-0.2, -0.15) is 5.10 Å². The molecule has 9 heteroatoms. The number of nitro groups is 1. The molecule has 8 nitrogen and oxygen atoms in total. The minimum atomic E-state index is -0.608. The fourth-order valence-electron chi connectivity index (χ4n) is 2.50. The normalized spacial score (nSPS) is 16.9. The third-order valence-corrected chi connectivity index (χ3v) is 3.98. The molecule has 124 valence electrons. The van der Waals surface area contributed by atoms with Crippen LogP contribution in [-0.2, 0) is 0 Å². The molecule has 0 aliphatic carbocycles. The number of nitrogens with zero attached hydrogens (tertiary/aromatic N) is 4. The standard InChI is InChI=1S/C15H13ClN4O4/c16-12-4-3-10(8-13(12)20(22)23)15(21)19-7-5-11(9-19)24-14-2-1-6-17-18-14/h1-4,6,8,11H,5,7,9H2. The molecule has 0 radical (unpaired) electrons. The van der Waals surface area contributed by atoms with Gasteiger partial charge in [-0.25, -0.2) is 0 Å². The molecule has 0 spiro atoms. The number of aromatic nitrogens is 2. The number of nitro benzene ring substituents is 1. The van der Waals surface area contributed by atoms with E-state index in [0.29, 0.717) is 25.4 Å². The molecule has 1 aromatic carbocycles. The van der Waals surface area contributed by atoms with Crippen LogP contribution < -0.4 is 4.74 Å². The van der Waals surface area contributed by atoms with Crippen LogP contribution in [0.25, 0.3) is 0 Å². The second-order valence-electron chi connectivity index (χ2n) is 5.26. The van der Waals surface area contributed by atoms with Gasteiger partial charge in [0.05, 0.1) is 11.5 Å². The molecule has 1 unspecified atom stereocenters. The Hall–Kier alpha value is -2.74. The maximum atomic E-state index is 12.5. The summed E-state index contributed by atoms with van der Waals surface area (Å²) < 4.78 is 5.68. The van der Waals surface area contributed by atoms with Crippen molar-refractivity contribution < 1.29 is 14.5 Å². The summed E-state index contributed by atoms with van der Waals surface area (Å²) in [4.78, 5) is 24.4. The number of carbonyl (C=O) groups excluding carboxylic acids is 1. The van der Waals surface area contributed by atoms with Crippen molar-refractivity contribution >= 4 is 23.2 Å². The number of benzene rings is 1. The third kappa shape index (κ3) is 3.43. The van der Waals surface area contributed by atoms with Crippen LogP contribution in [0.1, 0.15) is 16.8 Å². The number of carbonyl (C=O) groups is 1. The van der Waals surface area contributed by atoms with Gasteiger partial charge in [-0.05, 0) is 18.2 Å². The number of likely N-dealkylation sites (tertiary alicyclic amines) is 1. The zero-order valence-electron chi connectivity index (χ0n) is 12.5. The van der Waals surface area contributed by atoms with Crippen LogP contribution in [-0.4, -0.2) is 45.1 Å². The summed E-state index contributed by atoms with van der Waals surface area (Å²) in [5, 5.41) is 18.5. The molecule has 0 bridgehead atoms. The number of rotatable bonds is 4. The molecule has 1 aromatic heterocycles. The molecule has 3 rings (SSSR count). The fourth-order valence-corrected chi connectivity index (χ4v) is 2.68. The summed E-state index contributed by atoms with van der Waals surface area (Å²) in [5.74, 6) is 0.110. The van der Waals surface area contributed by atoms with E-state index in [9.17, 15) is 14.9 Å². The molecular weight excluding hydrogens is 336 g/mol. The van der Waals surface area contributed by atoms with Crippen molar-refractivity contribution in [3.05, 3.63) is 57.2 Å². The lowest BCUT2D eigenvalue weighted by atomic mass is 10.2. The van der Waals surface area contributed by atoms with Crippen LogP contribution in [0.2, 0.25) is 5.02 Å². The van der Waals surface area contributed by atoms with E-state index in [-0.39, 0.29) is 28.3 Å². The van der Waals surface area contributed by atoms with Gasteiger partial charge in [-0.1, -0.05) is 11.6 Å². The highest BCUT2D eigenvalue weighted by molar-refractivity contribution is 6.32. The number of hydrogen-bond donors (Lipinski definition) is 0. The summed E-state index contributed by atoms with van der Waals surface area (Å²) >= 11 is 5.77. The first-order chi connectivity index (χ1) is 11.5. The van der Waals surface area contributed by atoms with Crippen molar-refractivity contribution in [3.63, 3.8) is 0 Å². The molecule has 1 saturated heterocycles. The summed E-state index contributed by atoms with van der Waals surface area (Å²) in [5.41, 5.74) is -0.0553. The van der Waals surface area contributed by atoms with E-state index in [1.807, 2.05) is 0 Å². The second kappa shape index (κ2) is 6.79. The van der Waals surface area contributed by atoms with Crippen molar-refractivity contribution in [1.82, 2.24) is 15.1 Å². The van der Waals surface area contributed by atoms with Crippen molar-refractivity contribution in [2.75, 3.05) is 13.1 Å². The minimum absolute atomic E-state index is 0.00170. The Labute approximate surface area is 142 Å². The fraction of sp³-hybridized carbons (Fsp3) is 0.267. The second-order valence-corrected chi connectivity index (χ2v) is 5.67. The molecule has 2 heterocycles. The van der Waals surface area contributed by atoms with E-state index < -0.39 is 4.92 Å². The van der Waals surface area contributed by atoms with Crippen molar-refractivity contribution in [1.29, 1.82) is 0 Å². The van der Waals surface area contributed by atoms with Crippen molar-refractivity contribution in [2.45, 2.75) is 12.5 Å². The van der Waals surface area contributed by atoms with E-state index in [4.69, 9.17) is 16.3 Å². The maximum absolute atomic E-state index is 12.5. The van der Waals surface area contributed by atoms with E-state index >= 15 is 0 Å². The number of amides is 1. The Balaban J connectivity index is 1.68. The molecule has 24 heavy (non-hydrogen) atoms. The predicted molar refractivity (Wildman–Crippen MR) is 85.1 cm³/mol. The molecular formula is C15H13ClN4O4. The van der Waals surface area contributed by atoms with E-state index in [1.165, 1.54) is 18.2 Å². The van der Waals surface area contributed by atoms with Gasteiger partial charge in [0.2, 0.25) is 5.88 Å². The Kier molecular flexibility index (Phi) is 4.57. The van der Waals surface area contributed by atoms with Gasteiger partial charge in [0.15, 0.2) is 0 Å². The zero-order valence-corrected chi connectivity index (χ0v) is 13.2. The van der Waals surface area contributed by atoms with Gasteiger partial charge in [0.1, 0.15) is 11.1 Å². The lowest BCUT2D eigenvalue weighted by Crippen LogP contribution is -2.31. The van der Waals surface area contributed by atoms with Gasteiger partial charge < -0.3 is 9.64 Å². The average molecular weight is 349 g/mol. The maximum Gasteiger partial charge on any atom is 0.288 e. The number of ether oxygens (including phenoxy) is 1. The smallest absolute Gasteiger partial charge is 0.288 e. The molecule has 0 saturated carbocycles. The molecule has 0 N–H and O–H groups in total. The van der Waals surface area contributed by atoms with Gasteiger partial charge in [-0.15, -0.1) is 5.10 Å². The zero-order chi connectivity index (χ0) is 17.1. The lowest BCUT2D eigenvalue weighted by molar-refractivity contribution is -0.384. The van der Waals surface area contributed by atoms with E-state index in [1.54, 1.807) is 23.2 Å². The Morgan fingerprint density at radius 2 is 2.25 bits per heavy atom. The topological polar surface area (TPSA) is 98.5 Å². The first kappa shape index (κ1) is 16.1. The molecule has 1 aliphatic heterocycles. The highest BCUT2D eigenvalue weighted by Gasteiger charge is 2.29. The van der Waals surface area contributed by atoms with Crippen LogP contribution in [0, 0.1) is 10.1 Å². The average Bonchev–Trinajstić information content (AvgIpc) is 3.04. The Bertz CT molecular complexity index is 771. The predicted octanol–water partition coefficient (Wildman–Crippen LogP) is 2.33. The summed E-state index contributed by atoms with van der Waals surface area (Å²) in [6.45, 7) is 0.881. The Morgan fingerprint density at radius 3 is 2.96 bits per heavy atom. The highest BCUT2D eigenvalue weighted by atomic mass is 35.5. The van der Waals surface area contributed by atoms with Gasteiger partial charge in [-0.3, -0.25) is 14.9 Å². The van der Waals surface area contributed by atoms with Crippen LogP contribution in [0.4, 0.5) is 5.69 Å². The van der Waals surface area contributed by atoms with Crippen molar-refractivity contribution in [3.8, 4) is 5.88 Å². The number of halogens is 1. The highest BCUT2D eigenvalue weighted by Crippen LogP contribution is 2.26. The van der Waals surface area contributed by atoms with E-state index in [0.717, 1.165) is 0 Å². The molecule has 1 amide bonds. The van der Waals surface area contributed by atoms with Crippen LogP contribution >= 0.6 is 11.6 Å². The van der Waals surface area contributed by atoms with E-state index in [2.05, 4.69) is 10.2 Å². The number of hydrogen-bond acceptors (Lipinski definition) is 6. The van der Waals surface area contributed by atoms with Crippen LogP contribution in [0.5, 0.6) is 5.88 Å². The van der Waals surface area contributed by atoms with Crippen molar-refractivity contribution in [2.24, 2.45) is 0 Å². The van der Waals surface area contributed by atoms with Gasteiger partial charge >= 0.3 is 0 Å². The molecule has 1 atom stereocenters. The molecule has 1 fully saturated rings. The summed E-state index contributed by atoms with van der Waals surface area (Å²) in [6.07, 6.45) is 2.01. The monoisotopic (exact) mass is 348 g/mol. The minimum Gasteiger partial charge on any atom is -0.471 e. The molecule has 1 aliphatic rings. The lowest BCUT2D eigenvalue weighted by Gasteiger charge is -2.17. The van der Waals surface area contributed by atoms with Gasteiger partial charge in [0.25, 0.3) is 11.6 Å². The molecule has 2 aromatic rings. The largest absolute Gasteiger partial charge is 0.471 e. The summed E-state index contributed by atoms with van der Waals surface area (Å²) in [7, 11) is 0. The quantitative estimate of drug-likeness (QED) is 0.621. The summed E-state index contributed by atoms with van der Waals surface area (Å²) in [6, 6.07) is 7.44. The Morgan fingerprint density at radius 1 is 1.42 bits per heavy atom.